The Morgan fingerprint density at radius 1 is 1.06 bits per heavy atom. The van der Waals surface area contributed by atoms with Crippen LogP contribution < -0.4 is 5.73 Å². The van der Waals surface area contributed by atoms with E-state index in [2.05, 4.69) is 4.98 Å². The van der Waals surface area contributed by atoms with Gasteiger partial charge in [0, 0.05) is 10.8 Å². The van der Waals surface area contributed by atoms with Crippen LogP contribution in [0.15, 0.2) is 42.5 Å². The van der Waals surface area contributed by atoms with Crippen molar-refractivity contribution in [1.29, 1.82) is 0 Å². The lowest BCUT2D eigenvalue weighted by atomic mass is 10.1. The molecule has 0 saturated heterocycles. The Hall–Kier alpha value is -2.49. The second-order valence-electron chi connectivity index (χ2n) is 4.04. The molecule has 2 aromatic carbocycles. The van der Waals surface area contributed by atoms with Crippen LogP contribution in [0.2, 0.25) is 0 Å². The molecule has 18 heavy (non-hydrogen) atoms. The van der Waals surface area contributed by atoms with Crippen molar-refractivity contribution >= 4 is 27.7 Å². The number of primary amides is 1. The van der Waals surface area contributed by atoms with Gasteiger partial charge in [-0.3, -0.25) is 4.79 Å². The minimum Gasteiger partial charge on any atom is -0.366 e. The van der Waals surface area contributed by atoms with Crippen LogP contribution in [-0.2, 0) is 0 Å². The number of pyridine rings is 1. The van der Waals surface area contributed by atoms with Gasteiger partial charge in [-0.15, -0.1) is 0 Å². The van der Waals surface area contributed by atoms with Gasteiger partial charge in [0.05, 0.1) is 11.1 Å². The lowest BCUT2D eigenvalue weighted by molar-refractivity contribution is 0.100. The van der Waals surface area contributed by atoms with E-state index in [9.17, 15) is 9.18 Å². The maximum Gasteiger partial charge on any atom is 0.250 e. The Balaban J connectivity index is 2.50. The molecule has 4 heteroatoms. The summed E-state index contributed by atoms with van der Waals surface area (Å²) in [5, 5.41) is 1.47. The van der Waals surface area contributed by atoms with Gasteiger partial charge in [-0.05, 0) is 18.2 Å². The lowest BCUT2D eigenvalue weighted by Crippen LogP contribution is -2.11. The molecule has 3 rings (SSSR count). The summed E-state index contributed by atoms with van der Waals surface area (Å²) < 4.78 is 13.7. The number of hydrogen-bond donors (Lipinski definition) is 1. The van der Waals surface area contributed by atoms with E-state index in [4.69, 9.17) is 5.73 Å². The smallest absolute Gasteiger partial charge is 0.250 e. The zero-order chi connectivity index (χ0) is 12.7. The van der Waals surface area contributed by atoms with E-state index in [-0.39, 0.29) is 5.52 Å². The summed E-state index contributed by atoms with van der Waals surface area (Å²) in [7, 11) is 0. The second kappa shape index (κ2) is 3.77. The van der Waals surface area contributed by atoms with E-state index in [0.29, 0.717) is 16.5 Å². The van der Waals surface area contributed by atoms with Crippen molar-refractivity contribution in [1.82, 2.24) is 4.98 Å². The van der Waals surface area contributed by atoms with E-state index >= 15 is 0 Å². The highest BCUT2D eigenvalue weighted by Gasteiger charge is 2.10. The van der Waals surface area contributed by atoms with Crippen LogP contribution in [0.25, 0.3) is 21.8 Å². The van der Waals surface area contributed by atoms with Crippen molar-refractivity contribution in [3.8, 4) is 0 Å². The molecule has 0 bridgehead atoms. The standard InChI is InChI=1S/C14H9FN2O/c15-11-6-2-4-9-7-8-3-1-5-10(14(16)18)12(8)17-13(9)11/h1-7H,(H2,16,18). The highest BCUT2D eigenvalue weighted by atomic mass is 19.1. The molecule has 0 aliphatic heterocycles. The van der Waals surface area contributed by atoms with Crippen LogP contribution in [0, 0.1) is 5.82 Å². The van der Waals surface area contributed by atoms with Crippen molar-refractivity contribution < 1.29 is 9.18 Å². The molecule has 0 unspecified atom stereocenters. The number of rotatable bonds is 1. The number of aromatic nitrogens is 1. The van der Waals surface area contributed by atoms with Crippen molar-refractivity contribution in [3.05, 3.63) is 53.8 Å². The maximum absolute atomic E-state index is 13.7. The van der Waals surface area contributed by atoms with E-state index in [1.54, 1.807) is 30.3 Å². The minimum absolute atomic E-state index is 0.249. The Morgan fingerprint density at radius 3 is 2.44 bits per heavy atom. The Morgan fingerprint density at radius 2 is 1.72 bits per heavy atom. The molecule has 1 aromatic heterocycles. The molecule has 0 saturated carbocycles. The van der Waals surface area contributed by atoms with Crippen LogP contribution in [0.5, 0.6) is 0 Å². The Kier molecular flexibility index (Phi) is 2.23. The summed E-state index contributed by atoms with van der Waals surface area (Å²) in [4.78, 5) is 15.5. The zero-order valence-electron chi connectivity index (χ0n) is 9.35. The Bertz CT molecular complexity index is 783. The molecule has 0 aliphatic rings. The molecule has 2 N–H and O–H groups in total. The number of nitrogens with zero attached hydrogens (tertiary/aromatic N) is 1. The molecule has 0 aliphatic carbocycles. The number of carbonyl (C=O) groups is 1. The number of para-hydroxylation sites is 2. The lowest BCUT2D eigenvalue weighted by Gasteiger charge is -2.05. The number of hydrogen-bond acceptors (Lipinski definition) is 2. The van der Waals surface area contributed by atoms with Gasteiger partial charge in [0.25, 0.3) is 5.91 Å². The summed E-state index contributed by atoms with van der Waals surface area (Å²) in [6.07, 6.45) is 0. The van der Waals surface area contributed by atoms with Crippen LogP contribution in [0.1, 0.15) is 10.4 Å². The van der Waals surface area contributed by atoms with E-state index in [1.165, 1.54) is 6.07 Å². The molecular weight excluding hydrogens is 231 g/mol. The fourth-order valence-corrected chi connectivity index (χ4v) is 2.05. The van der Waals surface area contributed by atoms with Crippen LogP contribution in [0.3, 0.4) is 0 Å². The third-order valence-electron chi connectivity index (χ3n) is 2.89. The minimum atomic E-state index is -0.566. The fourth-order valence-electron chi connectivity index (χ4n) is 2.05. The quantitative estimate of drug-likeness (QED) is 0.665. The molecule has 3 nitrogen and oxygen atoms in total. The number of amides is 1. The molecule has 0 fully saturated rings. The van der Waals surface area contributed by atoms with Crippen LogP contribution in [0.4, 0.5) is 4.39 Å². The summed E-state index contributed by atoms with van der Waals surface area (Å²) in [5.74, 6) is -0.975. The van der Waals surface area contributed by atoms with Gasteiger partial charge in [-0.1, -0.05) is 24.3 Å². The molecule has 0 radical (unpaired) electrons. The fraction of sp³-hybridized carbons (Fsp3) is 0. The number of nitrogens with two attached hydrogens (primary N) is 1. The number of fused-ring (bicyclic) bond motifs is 2. The Labute approximate surface area is 102 Å². The van der Waals surface area contributed by atoms with Crippen LogP contribution in [-0.4, -0.2) is 10.9 Å². The number of halogens is 1. The SMILES string of the molecule is NC(=O)c1cccc2cc3cccc(F)c3nc12. The van der Waals surface area contributed by atoms with Gasteiger partial charge in [0.1, 0.15) is 11.3 Å². The average Bonchev–Trinajstić information content (AvgIpc) is 2.36. The van der Waals surface area contributed by atoms with Gasteiger partial charge >= 0.3 is 0 Å². The first-order valence-electron chi connectivity index (χ1n) is 5.44. The van der Waals surface area contributed by atoms with E-state index in [1.807, 2.05) is 6.07 Å². The van der Waals surface area contributed by atoms with E-state index < -0.39 is 11.7 Å². The predicted molar refractivity (Wildman–Crippen MR) is 67.7 cm³/mol. The number of carbonyl (C=O) groups excluding carboxylic acids is 1. The highest BCUT2D eigenvalue weighted by Crippen LogP contribution is 2.23. The maximum atomic E-state index is 13.7. The molecule has 1 heterocycles. The van der Waals surface area contributed by atoms with Crippen molar-refractivity contribution in [2.75, 3.05) is 0 Å². The summed E-state index contributed by atoms with van der Waals surface area (Å²) >= 11 is 0. The van der Waals surface area contributed by atoms with Crippen LogP contribution >= 0.6 is 0 Å². The van der Waals surface area contributed by atoms with Gasteiger partial charge in [-0.2, -0.15) is 0 Å². The first-order chi connectivity index (χ1) is 8.66. The molecule has 1 amide bonds. The molecule has 3 aromatic rings. The first-order valence-corrected chi connectivity index (χ1v) is 5.44. The normalized spacial score (nSPS) is 10.9. The summed E-state index contributed by atoms with van der Waals surface area (Å²) in [6.45, 7) is 0. The largest absolute Gasteiger partial charge is 0.366 e. The predicted octanol–water partition coefficient (Wildman–Crippen LogP) is 2.63. The third-order valence-corrected chi connectivity index (χ3v) is 2.89. The molecular formula is C14H9FN2O. The van der Waals surface area contributed by atoms with Gasteiger partial charge < -0.3 is 5.73 Å². The monoisotopic (exact) mass is 240 g/mol. The van der Waals surface area contributed by atoms with Crippen molar-refractivity contribution in [2.24, 2.45) is 5.73 Å². The van der Waals surface area contributed by atoms with Crippen molar-refractivity contribution in [2.45, 2.75) is 0 Å². The molecule has 0 spiro atoms. The third kappa shape index (κ3) is 1.50. The van der Waals surface area contributed by atoms with Gasteiger partial charge in [0.2, 0.25) is 0 Å². The van der Waals surface area contributed by atoms with Gasteiger partial charge in [-0.25, -0.2) is 9.37 Å². The first kappa shape index (κ1) is 10.7. The van der Waals surface area contributed by atoms with E-state index in [0.717, 1.165) is 5.39 Å². The van der Waals surface area contributed by atoms with Gasteiger partial charge in [0.15, 0.2) is 0 Å². The summed E-state index contributed by atoms with van der Waals surface area (Å²) in [6, 6.07) is 11.7. The topological polar surface area (TPSA) is 56.0 Å². The summed E-state index contributed by atoms with van der Waals surface area (Å²) in [5.41, 5.74) is 6.27. The molecule has 88 valence electrons. The molecule has 0 atom stereocenters. The van der Waals surface area contributed by atoms with Crippen molar-refractivity contribution in [3.63, 3.8) is 0 Å². The average molecular weight is 240 g/mol. The highest BCUT2D eigenvalue weighted by molar-refractivity contribution is 6.07. The number of benzene rings is 2. The zero-order valence-corrected chi connectivity index (χ0v) is 9.35. The second-order valence-corrected chi connectivity index (χ2v) is 4.04.